The molecule has 1 saturated carbocycles. The van der Waals surface area contributed by atoms with Gasteiger partial charge in [0.2, 0.25) is 0 Å². The van der Waals surface area contributed by atoms with Crippen LogP contribution in [0.3, 0.4) is 0 Å². The lowest BCUT2D eigenvalue weighted by Gasteiger charge is -2.20. The fourth-order valence-electron chi connectivity index (χ4n) is 1.34. The first-order valence-electron chi connectivity index (χ1n) is 4.82. The molecule has 0 unspecified atom stereocenters. The highest BCUT2D eigenvalue weighted by Crippen LogP contribution is 2.34. The topological polar surface area (TPSA) is 65.2 Å². The van der Waals surface area contributed by atoms with Crippen LogP contribution in [0.1, 0.15) is 48.6 Å². The van der Waals surface area contributed by atoms with E-state index in [9.17, 15) is 4.79 Å². The average molecular weight is 196 g/mol. The number of aromatic nitrogens is 2. The molecule has 2 rings (SSSR count). The number of carbonyl (C=O) groups is 1. The molecule has 0 radical (unpaired) electrons. The molecule has 1 aliphatic carbocycles. The number of carbonyl (C=O) groups excluding carboxylic acids is 1. The molecule has 1 aromatic rings. The number of ether oxygens (including phenoxy) is 1. The van der Waals surface area contributed by atoms with E-state index in [2.05, 4.69) is 10.1 Å². The smallest absolute Gasteiger partial charge is 0.397 e. The molecule has 1 aliphatic rings. The van der Waals surface area contributed by atoms with E-state index in [0.717, 1.165) is 12.8 Å². The van der Waals surface area contributed by atoms with E-state index in [4.69, 9.17) is 9.26 Å². The van der Waals surface area contributed by atoms with Crippen LogP contribution in [0.25, 0.3) is 0 Å². The molecule has 0 amide bonds. The van der Waals surface area contributed by atoms with Gasteiger partial charge >= 0.3 is 11.9 Å². The molecule has 14 heavy (non-hydrogen) atoms. The van der Waals surface area contributed by atoms with Crippen molar-refractivity contribution in [1.29, 1.82) is 0 Å². The summed E-state index contributed by atoms with van der Waals surface area (Å²) in [6, 6.07) is 0. The molecular formula is C9H12N2O3. The average Bonchev–Trinajstić information content (AvgIpc) is 2.50. The lowest BCUT2D eigenvalue weighted by Crippen LogP contribution is -2.11. The third kappa shape index (κ3) is 1.62. The summed E-state index contributed by atoms with van der Waals surface area (Å²) in [7, 11) is 0. The Morgan fingerprint density at radius 3 is 3.00 bits per heavy atom. The number of hydrogen-bond acceptors (Lipinski definition) is 5. The molecule has 1 heterocycles. The molecule has 5 heteroatoms. The Balaban J connectivity index is 2.05. The quantitative estimate of drug-likeness (QED) is 0.685. The molecule has 0 bridgehead atoms. The lowest BCUT2D eigenvalue weighted by molar-refractivity contribution is 0.0470. The van der Waals surface area contributed by atoms with E-state index in [0.29, 0.717) is 18.3 Å². The van der Waals surface area contributed by atoms with E-state index >= 15 is 0 Å². The molecule has 1 fully saturated rings. The van der Waals surface area contributed by atoms with Gasteiger partial charge in [0.1, 0.15) is 0 Å². The molecule has 0 spiro atoms. The monoisotopic (exact) mass is 196 g/mol. The minimum absolute atomic E-state index is 0.0336. The van der Waals surface area contributed by atoms with Crippen LogP contribution in [0.5, 0.6) is 0 Å². The summed E-state index contributed by atoms with van der Waals surface area (Å²) in [5.74, 6) is 0.445. The fourth-order valence-corrected chi connectivity index (χ4v) is 1.34. The number of rotatable bonds is 3. The Bertz CT molecular complexity index is 331. The van der Waals surface area contributed by atoms with Crippen molar-refractivity contribution < 1.29 is 14.1 Å². The van der Waals surface area contributed by atoms with Crippen molar-refractivity contribution in [2.24, 2.45) is 0 Å². The normalized spacial score (nSPS) is 16.4. The first-order valence-corrected chi connectivity index (χ1v) is 4.82. The maximum Gasteiger partial charge on any atom is 0.397 e. The highest BCUT2D eigenvalue weighted by atomic mass is 16.6. The standard InChI is InChI=1S/C9H12N2O3/c1-2-13-9(12)8-10-7(11-14-8)6-4-3-5-6/h6H,2-5H2,1H3. The van der Waals surface area contributed by atoms with Crippen molar-refractivity contribution in [1.82, 2.24) is 10.1 Å². The number of esters is 1. The van der Waals surface area contributed by atoms with E-state index in [-0.39, 0.29) is 5.89 Å². The van der Waals surface area contributed by atoms with Gasteiger partial charge < -0.3 is 9.26 Å². The van der Waals surface area contributed by atoms with E-state index in [1.165, 1.54) is 6.42 Å². The Hall–Kier alpha value is -1.39. The summed E-state index contributed by atoms with van der Waals surface area (Å²) in [5.41, 5.74) is 0. The van der Waals surface area contributed by atoms with Crippen molar-refractivity contribution in [3.63, 3.8) is 0 Å². The van der Waals surface area contributed by atoms with Crippen molar-refractivity contribution >= 4 is 5.97 Å². The Labute approximate surface area is 81.4 Å². The summed E-state index contributed by atoms with van der Waals surface area (Å²) in [5, 5.41) is 3.75. The molecular weight excluding hydrogens is 184 g/mol. The Morgan fingerprint density at radius 2 is 2.43 bits per heavy atom. The van der Waals surface area contributed by atoms with Crippen LogP contribution in [-0.2, 0) is 4.74 Å². The van der Waals surface area contributed by atoms with Gasteiger partial charge in [0.15, 0.2) is 5.82 Å². The molecule has 0 atom stereocenters. The molecule has 5 nitrogen and oxygen atoms in total. The van der Waals surface area contributed by atoms with Gasteiger partial charge in [-0.25, -0.2) is 4.79 Å². The Morgan fingerprint density at radius 1 is 1.64 bits per heavy atom. The second kappa shape index (κ2) is 3.77. The number of nitrogens with zero attached hydrogens (tertiary/aromatic N) is 2. The summed E-state index contributed by atoms with van der Waals surface area (Å²) >= 11 is 0. The van der Waals surface area contributed by atoms with E-state index in [1.54, 1.807) is 6.92 Å². The van der Waals surface area contributed by atoms with Crippen LogP contribution in [-0.4, -0.2) is 22.7 Å². The zero-order chi connectivity index (χ0) is 9.97. The largest absolute Gasteiger partial charge is 0.459 e. The second-order valence-electron chi connectivity index (χ2n) is 3.31. The minimum Gasteiger partial charge on any atom is -0.459 e. The van der Waals surface area contributed by atoms with Gasteiger partial charge in [0, 0.05) is 5.92 Å². The first kappa shape index (κ1) is 9.18. The van der Waals surface area contributed by atoms with E-state index in [1.807, 2.05) is 0 Å². The van der Waals surface area contributed by atoms with E-state index < -0.39 is 5.97 Å². The van der Waals surface area contributed by atoms with Gasteiger partial charge in [-0.1, -0.05) is 11.6 Å². The first-order chi connectivity index (χ1) is 6.81. The summed E-state index contributed by atoms with van der Waals surface area (Å²) in [6.45, 7) is 2.06. The molecule has 0 aromatic carbocycles. The summed E-state index contributed by atoms with van der Waals surface area (Å²) in [6.07, 6.45) is 3.37. The predicted octanol–water partition coefficient (Wildman–Crippen LogP) is 1.51. The van der Waals surface area contributed by atoms with Crippen LogP contribution in [0.2, 0.25) is 0 Å². The maximum absolute atomic E-state index is 11.2. The highest BCUT2D eigenvalue weighted by Gasteiger charge is 2.26. The van der Waals surface area contributed by atoms with Crippen LogP contribution in [0.4, 0.5) is 0 Å². The Kier molecular flexibility index (Phi) is 2.47. The van der Waals surface area contributed by atoms with Gasteiger partial charge in [-0.2, -0.15) is 4.98 Å². The lowest BCUT2D eigenvalue weighted by atomic mass is 9.85. The van der Waals surface area contributed by atoms with Crippen LogP contribution >= 0.6 is 0 Å². The van der Waals surface area contributed by atoms with Crippen LogP contribution in [0, 0.1) is 0 Å². The van der Waals surface area contributed by atoms with Gasteiger partial charge in [-0.15, -0.1) is 0 Å². The third-order valence-electron chi connectivity index (χ3n) is 2.36. The summed E-state index contributed by atoms with van der Waals surface area (Å²) < 4.78 is 9.54. The third-order valence-corrected chi connectivity index (χ3v) is 2.36. The number of hydrogen-bond donors (Lipinski definition) is 0. The van der Waals surface area contributed by atoms with Crippen LogP contribution < -0.4 is 0 Å². The molecule has 76 valence electrons. The van der Waals surface area contributed by atoms with Crippen LogP contribution in [0.15, 0.2) is 4.52 Å². The molecule has 0 N–H and O–H groups in total. The molecule has 1 aromatic heterocycles. The second-order valence-corrected chi connectivity index (χ2v) is 3.31. The van der Waals surface area contributed by atoms with Crippen molar-refractivity contribution in [2.75, 3.05) is 6.61 Å². The molecule has 0 aliphatic heterocycles. The highest BCUT2D eigenvalue weighted by molar-refractivity contribution is 5.83. The minimum atomic E-state index is -0.537. The SMILES string of the molecule is CCOC(=O)c1nc(C2CCC2)no1. The van der Waals surface area contributed by atoms with Crippen molar-refractivity contribution in [2.45, 2.75) is 32.1 Å². The maximum atomic E-state index is 11.2. The van der Waals surface area contributed by atoms with Gasteiger partial charge in [0.25, 0.3) is 0 Å². The zero-order valence-electron chi connectivity index (χ0n) is 8.02. The van der Waals surface area contributed by atoms with Gasteiger partial charge in [-0.3, -0.25) is 0 Å². The summed E-state index contributed by atoms with van der Waals surface area (Å²) in [4.78, 5) is 15.2. The molecule has 0 saturated heterocycles. The fraction of sp³-hybridized carbons (Fsp3) is 0.667. The van der Waals surface area contributed by atoms with Gasteiger partial charge in [0.05, 0.1) is 6.61 Å². The van der Waals surface area contributed by atoms with Crippen molar-refractivity contribution in [3.05, 3.63) is 11.7 Å². The zero-order valence-corrected chi connectivity index (χ0v) is 8.02. The van der Waals surface area contributed by atoms with Crippen molar-refractivity contribution in [3.8, 4) is 0 Å². The van der Waals surface area contributed by atoms with Gasteiger partial charge in [-0.05, 0) is 19.8 Å². The predicted molar refractivity (Wildman–Crippen MR) is 46.8 cm³/mol.